The Bertz CT molecular complexity index is 376. The maximum atomic E-state index is 4.51. The molecule has 17 heavy (non-hydrogen) atoms. The summed E-state index contributed by atoms with van der Waals surface area (Å²) in [6, 6.07) is 0.759. The fourth-order valence-corrected chi connectivity index (χ4v) is 3.88. The van der Waals surface area contributed by atoms with E-state index < -0.39 is 0 Å². The highest BCUT2D eigenvalue weighted by molar-refractivity contribution is 7.09. The van der Waals surface area contributed by atoms with E-state index in [2.05, 4.69) is 27.5 Å². The number of aromatic nitrogens is 1. The molecule has 0 saturated carbocycles. The van der Waals surface area contributed by atoms with Crippen molar-refractivity contribution in [3.05, 3.63) is 16.1 Å². The fourth-order valence-electron chi connectivity index (χ4n) is 3.10. The summed E-state index contributed by atoms with van der Waals surface area (Å²) in [4.78, 5) is 7.12. The average molecular weight is 251 g/mol. The molecule has 0 radical (unpaired) electrons. The van der Waals surface area contributed by atoms with Crippen molar-refractivity contribution < 1.29 is 0 Å². The molecule has 2 aliphatic heterocycles. The smallest absolute Gasteiger partial charge is 0.0940 e. The molecule has 0 spiro atoms. The Labute approximate surface area is 107 Å². The van der Waals surface area contributed by atoms with Crippen LogP contribution in [0.25, 0.3) is 0 Å². The molecule has 0 aliphatic carbocycles. The fraction of sp³-hybridized carbons (Fsp3) is 0.769. The number of hydrogen-bond donors (Lipinski definition) is 1. The first-order chi connectivity index (χ1) is 8.31. The molecule has 3 heterocycles. The second kappa shape index (κ2) is 5.04. The highest BCUT2D eigenvalue weighted by Crippen LogP contribution is 2.26. The van der Waals surface area contributed by atoms with E-state index in [0.29, 0.717) is 0 Å². The number of nitrogens with one attached hydrogen (secondary N) is 1. The molecule has 1 aromatic heterocycles. The van der Waals surface area contributed by atoms with Crippen LogP contribution in [0.4, 0.5) is 0 Å². The minimum absolute atomic E-state index is 0.759. The van der Waals surface area contributed by atoms with E-state index in [1.165, 1.54) is 37.5 Å². The summed E-state index contributed by atoms with van der Waals surface area (Å²) >= 11 is 1.79. The molecular formula is C13H21N3S. The van der Waals surface area contributed by atoms with E-state index in [9.17, 15) is 0 Å². The zero-order chi connectivity index (χ0) is 11.7. The molecule has 2 aliphatic rings. The van der Waals surface area contributed by atoms with Crippen LogP contribution in [0.1, 0.15) is 23.5 Å². The second-order valence-electron chi connectivity index (χ2n) is 5.33. The van der Waals surface area contributed by atoms with Gasteiger partial charge in [0.25, 0.3) is 0 Å². The van der Waals surface area contributed by atoms with Gasteiger partial charge in [0.1, 0.15) is 0 Å². The Hall–Kier alpha value is -0.450. The van der Waals surface area contributed by atoms with Crippen LogP contribution in [0.3, 0.4) is 0 Å². The monoisotopic (exact) mass is 251 g/mol. The van der Waals surface area contributed by atoms with Gasteiger partial charge in [-0.05, 0) is 38.8 Å². The largest absolute Gasteiger partial charge is 0.313 e. The Morgan fingerprint density at radius 2 is 2.35 bits per heavy atom. The van der Waals surface area contributed by atoms with Crippen molar-refractivity contribution in [2.75, 3.05) is 26.2 Å². The lowest BCUT2D eigenvalue weighted by molar-refractivity contribution is 0.222. The molecular weight excluding hydrogens is 230 g/mol. The van der Waals surface area contributed by atoms with E-state index in [4.69, 9.17) is 0 Å². The lowest BCUT2D eigenvalue weighted by Gasteiger charge is -2.31. The minimum atomic E-state index is 0.759. The summed E-state index contributed by atoms with van der Waals surface area (Å²) in [5, 5.41) is 7.17. The maximum absolute atomic E-state index is 4.51. The van der Waals surface area contributed by atoms with Gasteiger partial charge < -0.3 is 10.2 Å². The third-order valence-corrected chi connectivity index (χ3v) is 5.07. The van der Waals surface area contributed by atoms with Gasteiger partial charge in [-0.3, -0.25) is 0 Å². The highest BCUT2D eigenvalue weighted by atomic mass is 32.1. The van der Waals surface area contributed by atoms with Crippen molar-refractivity contribution in [3.63, 3.8) is 0 Å². The molecule has 0 aromatic carbocycles. The van der Waals surface area contributed by atoms with Crippen LogP contribution in [0.15, 0.2) is 5.38 Å². The van der Waals surface area contributed by atoms with Crippen molar-refractivity contribution in [2.24, 2.45) is 5.92 Å². The predicted octanol–water partition coefficient (Wildman–Crippen LogP) is 1.68. The van der Waals surface area contributed by atoms with Crippen molar-refractivity contribution in [1.82, 2.24) is 15.2 Å². The quantitative estimate of drug-likeness (QED) is 0.882. The van der Waals surface area contributed by atoms with Crippen LogP contribution < -0.4 is 5.32 Å². The predicted molar refractivity (Wildman–Crippen MR) is 71.5 cm³/mol. The number of nitrogens with zero attached hydrogens (tertiary/aromatic N) is 2. The first kappa shape index (κ1) is 11.6. The van der Waals surface area contributed by atoms with E-state index >= 15 is 0 Å². The number of aryl methyl sites for hydroxylation is 1. The van der Waals surface area contributed by atoms with Gasteiger partial charge in [-0.1, -0.05) is 0 Å². The lowest BCUT2D eigenvalue weighted by Crippen LogP contribution is -2.44. The number of rotatable bonds is 4. The number of thiazole rings is 1. The van der Waals surface area contributed by atoms with Crippen LogP contribution in [-0.4, -0.2) is 42.1 Å². The Balaban J connectivity index is 1.45. The van der Waals surface area contributed by atoms with Gasteiger partial charge in [0, 0.05) is 36.6 Å². The molecule has 4 heteroatoms. The zero-order valence-electron chi connectivity index (χ0n) is 10.5. The van der Waals surface area contributed by atoms with Crippen LogP contribution in [0, 0.1) is 12.8 Å². The van der Waals surface area contributed by atoms with E-state index in [0.717, 1.165) is 30.6 Å². The van der Waals surface area contributed by atoms with Gasteiger partial charge in [0.15, 0.2) is 0 Å². The molecule has 3 unspecified atom stereocenters. The number of hydrogen-bond acceptors (Lipinski definition) is 4. The molecule has 2 saturated heterocycles. The molecule has 3 atom stereocenters. The van der Waals surface area contributed by atoms with Crippen LogP contribution in [0.5, 0.6) is 0 Å². The van der Waals surface area contributed by atoms with Gasteiger partial charge in [-0.25, -0.2) is 4.98 Å². The van der Waals surface area contributed by atoms with Crippen LogP contribution in [0.2, 0.25) is 0 Å². The molecule has 2 bridgehead atoms. The van der Waals surface area contributed by atoms with E-state index in [1.54, 1.807) is 11.3 Å². The lowest BCUT2D eigenvalue weighted by atomic mass is 9.94. The molecule has 1 aromatic rings. The third kappa shape index (κ3) is 2.69. The molecule has 3 nitrogen and oxygen atoms in total. The normalized spacial score (nSPS) is 31.9. The van der Waals surface area contributed by atoms with Gasteiger partial charge in [-0.15, -0.1) is 11.3 Å². The first-order valence-corrected chi connectivity index (χ1v) is 7.56. The van der Waals surface area contributed by atoms with E-state index in [1.807, 2.05) is 0 Å². The van der Waals surface area contributed by atoms with Gasteiger partial charge >= 0.3 is 0 Å². The number of fused-ring (bicyclic) bond motifs is 2. The summed E-state index contributed by atoms with van der Waals surface area (Å²) in [5.41, 5.74) is 1.16. The molecule has 1 N–H and O–H groups in total. The topological polar surface area (TPSA) is 28.2 Å². The molecule has 94 valence electrons. The summed E-state index contributed by atoms with van der Waals surface area (Å²) in [6.45, 7) is 7.11. The Morgan fingerprint density at radius 1 is 1.47 bits per heavy atom. The summed E-state index contributed by atoms with van der Waals surface area (Å²) in [7, 11) is 0. The van der Waals surface area contributed by atoms with Gasteiger partial charge in [-0.2, -0.15) is 0 Å². The molecule has 3 rings (SSSR count). The summed E-state index contributed by atoms with van der Waals surface area (Å²) in [5.74, 6) is 0.904. The van der Waals surface area contributed by atoms with Gasteiger partial charge in [0.05, 0.1) is 5.01 Å². The first-order valence-electron chi connectivity index (χ1n) is 6.68. The number of piperidine rings is 1. The average Bonchev–Trinajstić information content (AvgIpc) is 2.90. The van der Waals surface area contributed by atoms with Crippen LogP contribution in [-0.2, 0) is 6.42 Å². The summed E-state index contributed by atoms with van der Waals surface area (Å²) < 4.78 is 0. The van der Waals surface area contributed by atoms with Crippen molar-refractivity contribution in [2.45, 2.75) is 32.2 Å². The standard InChI is InChI=1S/C13H21N3S/c1-10-9-17-13(15-10)2-5-14-12-4-7-16-6-3-11(12)8-16/h9,11-12,14H,2-8H2,1H3. The minimum Gasteiger partial charge on any atom is -0.313 e. The van der Waals surface area contributed by atoms with Crippen molar-refractivity contribution >= 4 is 11.3 Å². The molecule has 2 fully saturated rings. The van der Waals surface area contributed by atoms with E-state index in [-0.39, 0.29) is 0 Å². The van der Waals surface area contributed by atoms with Gasteiger partial charge in [0.2, 0.25) is 0 Å². The van der Waals surface area contributed by atoms with Crippen molar-refractivity contribution in [1.29, 1.82) is 0 Å². The molecule has 0 amide bonds. The SMILES string of the molecule is Cc1csc(CCNC2CCN3CCC2C3)n1. The third-order valence-electron chi connectivity index (χ3n) is 4.05. The summed E-state index contributed by atoms with van der Waals surface area (Å²) in [6.07, 6.45) is 3.82. The highest BCUT2D eigenvalue weighted by Gasteiger charge is 2.33. The maximum Gasteiger partial charge on any atom is 0.0940 e. The van der Waals surface area contributed by atoms with Crippen molar-refractivity contribution in [3.8, 4) is 0 Å². The zero-order valence-corrected chi connectivity index (χ0v) is 11.3. The Kier molecular flexibility index (Phi) is 3.45. The second-order valence-corrected chi connectivity index (χ2v) is 6.27. The van der Waals surface area contributed by atoms with Crippen LogP contribution >= 0.6 is 11.3 Å². The Morgan fingerprint density at radius 3 is 3.18 bits per heavy atom.